The summed E-state index contributed by atoms with van der Waals surface area (Å²) in [7, 11) is 0. The fraction of sp³-hybridized carbons (Fsp3) is 0.0909. The van der Waals surface area contributed by atoms with E-state index in [9.17, 15) is 4.79 Å². The zero-order chi connectivity index (χ0) is 11.7. The molecule has 0 radical (unpaired) electrons. The largest absolute Gasteiger partial charge is 0.476 e. The number of carbonyl (C=O) groups is 1. The Morgan fingerprint density at radius 2 is 2.00 bits per heavy atom. The number of thiazole rings is 1. The van der Waals surface area contributed by atoms with E-state index in [2.05, 4.69) is 20.9 Å². The van der Waals surface area contributed by atoms with Crippen LogP contribution in [0.15, 0.2) is 28.1 Å². The highest BCUT2D eigenvalue weighted by molar-refractivity contribution is 9.11. The lowest BCUT2D eigenvalue weighted by Crippen LogP contribution is -1.96. The first kappa shape index (κ1) is 11.3. The lowest BCUT2D eigenvalue weighted by molar-refractivity contribution is 0.0690. The van der Waals surface area contributed by atoms with Crippen molar-refractivity contribution in [2.45, 2.75) is 6.92 Å². The lowest BCUT2D eigenvalue weighted by atomic mass is 10.2. The van der Waals surface area contributed by atoms with Crippen LogP contribution in [0.5, 0.6) is 0 Å². The topological polar surface area (TPSA) is 50.2 Å². The second kappa shape index (κ2) is 4.35. The molecule has 1 heterocycles. The summed E-state index contributed by atoms with van der Waals surface area (Å²) in [5, 5.41) is 9.60. The van der Waals surface area contributed by atoms with E-state index in [-0.39, 0.29) is 5.69 Å². The maximum atomic E-state index is 10.8. The zero-order valence-corrected chi connectivity index (χ0v) is 10.8. The number of carboxylic acids is 1. The minimum absolute atomic E-state index is 0.0700. The molecule has 0 unspecified atom stereocenters. The molecule has 0 bridgehead atoms. The predicted octanol–water partition coefficient (Wildman–Crippen LogP) is 3.58. The van der Waals surface area contributed by atoms with E-state index < -0.39 is 5.97 Å². The van der Waals surface area contributed by atoms with Gasteiger partial charge in [0.25, 0.3) is 0 Å². The van der Waals surface area contributed by atoms with Gasteiger partial charge in [0.15, 0.2) is 5.69 Å². The molecule has 2 rings (SSSR count). The Labute approximate surface area is 105 Å². The van der Waals surface area contributed by atoms with Crippen molar-refractivity contribution < 1.29 is 9.90 Å². The van der Waals surface area contributed by atoms with Gasteiger partial charge in [0, 0.05) is 5.56 Å². The number of aromatic carboxylic acids is 1. The van der Waals surface area contributed by atoms with Crippen molar-refractivity contribution in [2.75, 3.05) is 0 Å². The summed E-state index contributed by atoms with van der Waals surface area (Å²) in [5.41, 5.74) is 2.17. The van der Waals surface area contributed by atoms with Gasteiger partial charge in [0.1, 0.15) is 8.79 Å². The second-order valence-corrected chi connectivity index (χ2v) is 5.63. The average molecular weight is 298 g/mol. The summed E-state index contributed by atoms with van der Waals surface area (Å²) in [6.45, 7) is 2.00. The summed E-state index contributed by atoms with van der Waals surface area (Å²) in [5.74, 6) is -1.01. The number of aromatic nitrogens is 1. The molecule has 0 saturated carbocycles. The average Bonchev–Trinajstić information content (AvgIpc) is 2.61. The molecule has 0 fully saturated rings. The van der Waals surface area contributed by atoms with Crippen LogP contribution in [0.1, 0.15) is 16.1 Å². The van der Waals surface area contributed by atoms with Gasteiger partial charge in [-0.1, -0.05) is 29.8 Å². The number of hydrogen-bond donors (Lipinski definition) is 1. The standard InChI is InChI=1S/C11H8BrNO2S/c1-6-2-4-7(5-3-6)10-13-8(11(14)15)9(12)16-10/h2-5H,1H3,(H,14,15). The Hall–Kier alpha value is -1.20. The Morgan fingerprint density at radius 1 is 1.38 bits per heavy atom. The highest BCUT2D eigenvalue weighted by Gasteiger charge is 2.15. The third kappa shape index (κ3) is 2.15. The number of benzene rings is 1. The second-order valence-electron chi connectivity index (χ2n) is 3.31. The van der Waals surface area contributed by atoms with Gasteiger partial charge >= 0.3 is 5.97 Å². The van der Waals surface area contributed by atoms with Crippen molar-refractivity contribution in [2.24, 2.45) is 0 Å². The summed E-state index contributed by atoms with van der Waals surface area (Å²) in [6, 6.07) is 7.83. The van der Waals surface area contributed by atoms with Gasteiger partial charge in [-0.25, -0.2) is 9.78 Å². The fourth-order valence-electron chi connectivity index (χ4n) is 1.25. The van der Waals surface area contributed by atoms with Gasteiger partial charge in [0.2, 0.25) is 0 Å². The van der Waals surface area contributed by atoms with Crippen LogP contribution in [0, 0.1) is 6.92 Å². The Morgan fingerprint density at radius 3 is 2.50 bits per heavy atom. The van der Waals surface area contributed by atoms with E-state index in [4.69, 9.17) is 5.11 Å². The molecule has 82 valence electrons. The minimum atomic E-state index is -1.01. The highest BCUT2D eigenvalue weighted by atomic mass is 79.9. The van der Waals surface area contributed by atoms with Gasteiger partial charge in [-0.15, -0.1) is 11.3 Å². The van der Waals surface area contributed by atoms with Crippen molar-refractivity contribution in [1.82, 2.24) is 4.98 Å². The normalized spacial score (nSPS) is 10.4. The minimum Gasteiger partial charge on any atom is -0.476 e. The SMILES string of the molecule is Cc1ccc(-c2nc(C(=O)O)c(Br)s2)cc1. The van der Waals surface area contributed by atoms with Crippen LogP contribution >= 0.6 is 27.3 Å². The molecule has 0 amide bonds. The lowest BCUT2D eigenvalue weighted by Gasteiger charge is -1.95. The molecule has 3 nitrogen and oxygen atoms in total. The van der Waals surface area contributed by atoms with E-state index in [1.807, 2.05) is 31.2 Å². The molecule has 0 aliphatic heterocycles. The maximum absolute atomic E-state index is 10.8. The van der Waals surface area contributed by atoms with Crippen molar-refractivity contribution in [3.8, 4) is 10.6 Å². The van der Waals surface area contributed by atoms with Crippen molar-refractivity contribution in [1.29, 1.82) is 0 Å². The van der Waals surface area contributed by atoms with Crippen molar-refractivity contribution >= 4 is 33.2 Å². The van der Waals surface area contributed by atoms with Gasteiger partial charge in [-0.05, 0) is 22.9 Å². The maximum Gasteiger partial charge on any atom is 0.356 e. The summed E-state index contributed by atoms with van der Waals surface area (Å²) in [4.78, 5) is 14.9. The molecule has 1 aromatic heterocycles. The van der Waals surface area contributed by atoms with E-state index in [0.717, 1.165) is 11.1 Å². The third-order valence-electron chi connectivity index (χ3n) is 2.09. The smallest absolute Gasteiger partial charge is 0.356 e. The Kier molecular flexibility index (Phi) is 3.07. The summed E-state index contributed by atoms with van der Waals surface area (Å²) < 4.78 is 0.551. The molecule has 0 aliphatic carbocycles. The number of aryl methyl sites for hydroxylation is 1. The third-order valence-corrected chi connectivity index (χ3v) is 3.84. The molecule has 1 N–H and O–H groups in total. The van der Waals surface area contributed by atoms with Gasteiger partial charge in [0.05, 0.1) is 0 Å². The molecule has 2 aromatic rings. The first-order valence-electron chi connectivity index (χ1n) is 4.54. The van der Waals surface area contributed by atoms with Crippen molar-refractivity contribution in [3.05, 3.63) is 39.3 Å². The monoisotopic (exact) mass is 297 g/mol. The summed E-state index contributed by atoms with van der Waals surface area (Å²) in [6.07, 6.45) is 0. The number of carboxylic acid groups (broad SMARTS) is 1. The number of nitrogens with zero attached hydrogens (tertiary/aromatic N) is 1. The van der Waals surface area contributed by atoms with Crippen LogP contribution < -0.4 is 0 Å². The van der Waals surface area contributed by atoms with Gasteiger partial charge < -0.3 is 5.11 Å². The van der Waals surface area contributed by atoms with Crippen LogP contribution in [0.25, 0.3) is 10.6 Å². The summed E-state index contributed by atoms with van der Waals surface area (Å²) >= 11 is 4.53. The number of halogens is 1. The molecular weight excluding hydrogens is 290 g/mol. The molecule has 16 heavy (non-hydrogen) atoms. The van der Waals surface area contributed by atoms with E-state index in [1.54, 1.807) is 0 Å². The molecular formula is C11H8BrNO2S. The quantitative estimate of drug-likeness (QED) is 0.922. The number of rotatable bonds is 2. The van der Waals surface area contributed by atoms with E-state index in [0.29, 0.717) is 8.79 Å². The van der Waals surface area contributed by atoms with Crippen molar-refractivity contribution in [3.63, 3.8) is 0 Å². The first-order valence-corrected chi connectivity index (χ1v) is 6.15. The fourth-order valence-corrected chi connectivity index (χ4v) is 2.76. The predicted molar refractivity (Wildman–Crippen MR) is 66.9 cm³/mol. The van der Waals surface area contributed by atoms with Crippen LogP contribution in [0.3, 0.4) is 0 Å². The first-order chi connectivity index (χ1) is 7.58. The Balaban J connectivity index is 2.45. The van der Waals surface area contributed by atoms with Crippen LogP contribution in [0.2, 0.25) is 0 Å². The molecule has 0 atom stereocenters. The molecule has 5 heteroatoms. The highest BCUT2D eigenvalue weighted by Crippen LogP contribution is 2.32. The number of hydrogen-bond acceptors (Lipinski definition) is 3. The molecule has 0 aliphatic rings. The zero-order valence-electron chi connectivity index (χ0n) is 8.40. The van der Waals surface area contributed by atoms with Crippen LogP contribution in [-0.2, 0) is 0 Å². The van der Waals surface area contributed by atoms with Gasteiger partial charge in [-0.3, -0.25) is 0 Å². The molecule has 1 aromatic carbocycles. The van der Waals surface area contributed by atoms with Crippen LogP contribution in [0.4, 0.5) is 0 Å². The Bertz CT molecular complexity index is 533. The molecule has 0 saturated heterocycles. The van der Waals surface area contributed by atoms with Crippen LogP contribution in [-0.4, -0.2) is 16.1 Å². The van der Waals surface area contributed by atoms with Gasteiger partial charge in [-0.2, -0.15) is 0 Å². The van der Waals surface area contributed by atoms with E-state index >= 15 is 0 Å². The van der Waals surface area contributed by atoms with E-state index in [1.165, 1.54) is 11.3 Å². The molecule has 0 spiro atoms.